The van der Waals surface area contributed by atoms with Crippen LogP contribution in [0.15, 0.2) is 22.7 Å². The molecule has 1 heterocycles. The van der Waals surface area contributed by atoms with E-state index in [1.54, 1.807) is 17.0 Å². The number of hydrogen-bond acceptors (Lipinski definition) is 1. The van der Waals surface area contributed by atoms with Crippen LogP contribution < -0.4 is 0 Å². The zero-order valence-corrected chi connectivity index (χ0v) is 12.2. The Bertz CT molecular complexity index is 449. The summed E-state index contributed by atoms with van der Waals surface area (Å²) >= 11 is 9.37. The van der Waals surface area contributed by atoms with Gasteiger partial charge in [0.05, 0.1) is 0 Å². The monoisotopic (exact) mass is 333 g/mol. The molecule has 1 aromatic carbocycles. The van der Waals surface area contributed by atoms with Crippen LogP contribution in [0, 0.1) is 5.82 Å². The van der Waals surface area contributed by atoms with Gasteiger partial charge in [0, 0.05) is 23.1 Å². The summed E-state index contributed by atoms with van der Waals surface area (Å²) in [6, 6.07) is 4.47. The van der Waals surface area contributed by atoms with Crippen LogP contribution in [0.3, 0.4) is 0 Å². The molecule has 0 saturated carbocycles. The molecule has 0 spiro atoms. The van der Waals surface area contributed by atoms with Gasteiger partial charge in [0.15, 0.2) is 0 Å². The van der Waals surface area contributed by atoms with Crippen LogP contribution in [-0.2, 0) is 4.79 Å². The van der Waals surface area contributed by atoms with Crippen LogP contribution in [-0.4, -0.2) is 23.9 Å². The Balaban J connectivity index is 2.16. The first-order chi connectivity index (χ1) is 8.59. The fourth-order valence-electron chi connectivity index (χ4n) is 2.12. The molecular formula is C13H14BrClFNO. The van der Waals surface area contributed by atoms with E-state index in [4.69, 9.17) is 11.6 Å². The Morgan fingerprint density at radius 1 is 1.33 bits per heavy atom. The maximum Gasteiger partial charge on any atom is 0.245 e. The Hall–Kier alpha value is -0.610. The van der Waals surface area contributed by atoms with E-state index in [1.165, 1.54) is 6.07 Å². The molecule has 5 heteroatoms. The second-order valence-electron chi connectivity index (χ2n) is 4.41. The zero-order valence-electron chi connectivity index (χ0n) is 9.83. The topological polar surface area (TPSA) is 20.3 Å². The van der Waals surface area contributed by atoms with Gasteiger partial charge in [-0.05, 0) is 37.5 Å². The molecular weight excluding hydrogens is 321 g/mol. The molecule has 1 atom stereocenters. The number of rotatable bonds is 2. The average molecular weight is 335 g/mol. The van der Waals surface area contributed by atoms with Crippen molar-refractivity contribution in [3.05, 3.63) is 34.1 Å². The van der Waals surface area contributed by atoms with Crippen molar-refractivity contribution in [2.75, 3.05) is 13.1 Å². The fourth-order valence-corrected chi connectivity index (χ4v) is 2.80. The second kappa shape index (κ2) is 6.02. The Labute approximate surface area is 119 Å². The molecule has 18 heavy (non-hydrogen) atoms. The number of alkyl halides is 1. The number of nitrogens with zero attached hydrogens (tertiary/aromatic N) is 1. The van der Waals surface area contributed by atoms with E-state index in [1.807, 2.05) is 0 Å². The van der Waals surface area contributed by atoms with Crippen LogP contribution in [0.25, 0.3) is 0 Å². The summed E-state index contributed by atoms with van der Waals surface area (Å²) in [5, 5.41) is -0.944. The van der Waals surface area contributed by atoms with Crippen molar-refractivity contribution in [2.45, 2.75) is 24.6 Å². The average Bonchev–Trinajstić information content (AvgIpc) is 2.41. The number of likely N-dealkylation sites (tertiary alicyclic amines) is 1. The lowest BCUT2D eigenvalue weighted by Crippen LogP contribution is -2.37. The minimum atomic E-state index is -0.944. The summed E-state index contributed by atoms with van der Waals surface area (Å²) in [5.41, 5.74) is 0.238. The zero-order chi connectivity index (χ0) is 13.1. The van der Waals surface area contributed by atoms with Gasteiger partial charge >= 0.3 is 0 Å². The quantitative estimate of drug-likeness (QED) is 0.752. The summed E-state index contributed by atoms with van der Waals surface area (Å²) < 4.78 is 14.4. The molecule has 98 valence electrons. The van der Waals surface area contributed by atoms with Crippen LogP contribution in [0.5, 0.6) is 0 Å². The third kappa shape index (κ3) is 3.04. The van der Waals surface area contributed by atoms with Gasteiger partial charge in [0.25, 0.3) is 0 Å². The summed E-state index contributed by atoms with van der Waals surface area (Å²) in [4.78, 5) is 13.9. The molecule has 0 radical (unpaired) electrons. The van der Waals surface area contributed by atoms with Crippen molar-refractivity contribution >= 4 is 33.4 Å². The van der Waals surface area contributed by atoms with Crippen LogP contribution in [0.1, 0.15) is 30.2 Å². The highest BCUT2D eigenvalue weighted by Crippen LogP contribution is 2.29. The van der Waals surface area contributed by atoms with Crippen molar-refractivity contribution < 1.29 is 9.18 Å². The molecule has 0 bridgehead atoms. The molecule has 2 nitrogen and oxygen atoms in total. The maximum absolute atomic E-state index is 13.7. The van der Waals surface area contributed by atoms with Crippen LogP contribution in [0.4, 0.5) is 4.39 Å². The Morgan fingerprint density at radius 3 is 2.67 bits per heavy atom. The van der Waals surface area contributed by atoms with E-state index in [0.29, 0.717) is 0 Å². The molecule has 1 saturated heterocycles. The Morgan fingerprint density at radius 2 is 2.00 bits per heavy atom. The van der Waals surface area contributed by atoms with Crippen molar-refractivity contribution in [3.8, 4) is 0 Å². The third-order valence-electron chi connectivity index (χ3n) is 3.12. The van der Waals surface area contributed by atoms with Gasteiger partial charge in [-0.2, -0.15) is 0 Å². The Kier molecular flexibility index (Phi) is 4.62. The highest BCUT2D eigenvalue weighted by molar-refractivity contribution is 9.10. The number of amides is 1. The molecule has 1 aliphatic rings. The molecule has 1 aromatic rings. The number of piperidine rings is 1. The molecule has 0 aliphatic carbocycles. The third-order valence-corrected chi connectivity index (χ3v) is 4.03. The lowest BCUT2D eigenvalue weighted by molar-refractivity contribution is -0.131. The first-order valence-electron chi connectivity index (χ1n) is 5.97. The SMILES string of the molecule is O=C(C(Cl)c1cc(Br)ccc1F)N1CCCCC1. The summed E-state index contributed by atoms with van der Waals surface area (Å²) in [6.07, 6.45) is 3.13. The van der Waals surface area contributed by atoms with E-state index in [2.05, 4.69) is 15.9 Å². The van der Waals surface area contributed by atoms with Gasteiger partial charge < -0.3 is 4.90 Å². The van der Waals surface area contributed by atoms with E-state index < -0.39 is 11.2 Å². The van der Waals surface area contributed by atoms with Gasteiger partial charge in [-0.15, -0.1) is 11.6 Å². The predicted octanol–water partition coefficient (Wildman–Crippen LogP) is 3.88. The molecule has 1 aliphatic heterocycles. The molecule has 1 fully saturated rings. The van der Waals surface area contributed by atoms with Gasteiger partial charge in [0.1, 0.15) is 11.2 Å². The fraction of sp³-hybridized carbons (Fsp3) is 0.462. The molecule has 1 unspecified atom stereocenters. The molecule has 2 rings (SSSR count). The van der Waals surface area contributed by atoms with Crippen molar-refractivity contribution in [1.82, 2.24) is 4.90 Å². The van der Waals surface area contributed by atoms with Gasteiger partial charge in [-0.3, -0.25) is 4.79 Å². The largest absolute Gasteiger partial charge is 0.341 e. The predicted molar refractivity (Wildman–Crippen MR) is 73.1 cm³/mol. The number of halogens is 3. The van der Waals surface area contributed by atoms with Crippen molar-refractivity contribution in [2.24, 2.45) is 0 Å². The first-order valence-corrected chi connectivity index (χ1v) is 7.20. The lowest BCUT2D eigenvalue weighted by atomic mass is 10.1. The number of carbonyl (C=O) groups excluding carboxylic acids is 1. The maximum atomic E-state index is 13.7. The van der Waals surface area contributed by atoms with E-state index >= 15 is 0 Å². The van der Waals surface area contributed by atoms with E-state index in [0.717, 1.165) is 36.8 Å². The van der Waals surface area contributed by atoms with Gasteiger partial charge in [-0.1, -0.05) is 15.9 Å². The summed E-state index contributed by atoms with van der Waals surface area (Å²) in [7, 11) is 0. The summed E-state index contributed by atoms with van der Waals surface area (Å²) in [5.74, 6) is -0.642. The number of hydrogen-bond donors (Lipinski definition) is 0. The van der Waals surface area contributed by atoms with E-state index in [9.17, 15) is 9.18 Å². The normalized spacial score (nSPS) is 17.6. The standard InChI is InChI=1S/C13H14BrClFNO/c14-9-4-5-11(16)10(8-9)12(15)13(18)17-6-2-1-3-7-17/h4-5,8,12H,1-3,6-7H2. The molecule has 0 N–H and O–H groups in total. The number of carbonyl (C=O) groups is 1. The first kappa shape index (κ1) is 13.8. The molecule has 1 amide bonds. The van der Waals surface area contributed by atoms with Gasteiger partial charge in [0.2, 0.25) is 5.91 Å². The van der Waals surface area contributed by atoms with E-state index in [-0.39, 0.29) is 11.5 Å². The smallest absolute Gasteiger partial charge is 0.245 e. The minimum absolute atomic E-state index is 0.201. The van der Waals surface area contributed by atoms with Gasteiger partial charge in [-0.25, -0.2) is 4.39 Å². The van der Waals surface area contributed by atoms with Crippen LogP contribution >= 0.6 is 27.5 Å². The van der Waals surface area contributed by atoms with Crippen LogP contribution in [0.2, 0.25) is 0 Å². The molecule has 0 aromatic heterocycles. The second-order valence-corrected chi connectivity index (χ2v) is 5.77. The number of benzene rings is 1. The lowest BCUT2D eigenvalue weighted by Gasteiger charge is -2.28. The summed E-state index contributed by atoms with van der Waals surface area (Å²) in [6.45, 7) is 1.44. The highest BCUT2D eigenvalue weighted by Gasteiger charge is 2.27. The van der Waals surface area contributed by atoms with Crippen molar-refractivity contribution in [3.63, 3.8) is 0 Å². The van der Waals surface area contributed by atoms with Crippen molar-refractivity contribution in [1.29, 1.82) is 0 Å². The highest BCUT2D eigenvalue weighted by atomic mass is 79.9. The minimum Gasteiger partial charge on any atom is -0.341 e.